The summed E-state index contributed by atoms with van der Waals surface area (Å²) in [7, 11) is 0. The maximum Gasteiger partial charge on any atom is 0.264 e. The predicted octanol–water partition coefficient (Wildman–Crippen LogP) is 2.40. The zero-order valence-corrected chi connectivity index (χ0v) is 14.3. The predicted molar refractivity (Wildman–Crippen MR) is 98.3 cm³/mol. The fourth-order valence-electron chi connectivity index (χ4n) is 3.06. The van der Waals surface area contributed by atoms with Crippen molar-refractivity contribution < 1.29 is 0 Å². The Kier molecular flexibility index (Phi) is 3.93. The number of hydrogen-bond donors (Lipinski definition) is 1. The van der Waals surface area contributed by atoms with Crippen molar-refractivity contribution in [2.75, 3.05) is 36.0 Å². The molecule has 124 valence electrons. The van der Waals surface area contributed by atoms with Crippen LogP contribution in [0.4, 0.5) is 10.9 Å². The molecule has 1 saturated heterocycles. The normalized spacial score (nSPS) is 15.7. The largest absolute Gasteiger partial charge is 0.353 e. The second-order valence-electron chi connectivity index (χ2n) is 6.03. The summed E-state index contributed by atoms with van der Waals surface area (Å²) in [5.74, 6) is 0.830. The number of benzene rings is 1. The molecule has 2 aromatic heterocycles. The highest BCUT2D eigenvalue weighted by molar-refractivity contribution is 7.22. The Morgan fingerprint density at radius 3 is 2.71 bits per heavy atom. The monoisotopic (exact) mass is 341 g/mol. The Bertz CT molecular complexity index is 898. The van der Waals surface area contributed by atoms with Gasteiger partial charge in [0.2, 0.25) is 0 Å². The number of H-pyrrole nitrogens is 1. The Morgan fingerprint density at radius 1 is 1.08 bits per heavy atom. The summed E-state index contributed by atoms with van der Waals surface area (Å²) in [6, 6.07) is 9.65. The fraction of sp³-hybridized carbons (Fsp3) is 0.353. The minimum absolute atomic E-state index is 0.167. The number of aromatic nitrogens is 3. The van der Waals surface area contributed by atoms with E-state index < -0.39 is 0 Å². The summed E-state index contributed by atoms with van der Waals surface area (Å²) < 4.78 is 1.24. The van der Waals surface area contributed by atoms with Crippen LogP contribution >= 0.6 is 11.3 Å². The number of thiazole rings is 1. The third-order valence-electron chi connectivity index (χ3n) is 4.36. The summed E-state index contributed by atoms with van der Waals surface area (Å²) in [5.41, 5.74) is 2.17. The lowest BCUT2D eigenvalue weighted by molar-refractivity contribution is 0.783. The lowest BCUT2D eigenvalue weighted by Crippen LogP contribution is -2.31. The number of anilines is 2. The van der Waals surface area contributed by atoms with E-state index in [4.69, 9.17) is 4.98 Å². The van der Waals surface area contributed by atoms with Gasteiger partial charge in [-0.1, -0.05) is 23.5 Å². The molecule has 1 aliphatic rings. The number of nitrogens with zero attached hydrogens (tertiary/aromatic N) is 4. The topological polar surface area (TPSA) is 65.1 Å². The second kappa shape index (κ2) is 6.24. The van der Waals surface area contributed by atoms with E-state index in [0.717, 1.165) is 49.1 Å². The molecule has 0 amide bonds. The average Bonchev–Trinajstić information content (AvgIpc) is 2.88. The van der Waals surface area contributed by atoms with Gasteiger partial charge in [-0.25, -0.2) is 10.1 Å². The minimum atomic E-state index is -0.167. The van der Waals surface area contributed by atoms with Gasteiger partial charge in [-0.3, -0.25) is 4.79 Å². The van der Waals surface area contributed by atoms with Gasteiger partial charge < -0.3 is 9.80 Å². The van der Waals surface area contributed by atoms with Gasteiger partial charge in [-0.2, -0.15) is 5.10 Å². The van der Waals surface area contributed by atoms with E-state index in [1.807, 2.05) is 0 Å². The number of fused-ring (bicyclic) bond motifs is 1. The molecule has 0 saturated carbocycles. The van der Waals surface area contributed by atoms with Crippen LogP contribution in [0.5, 0.6) is 0 Å². The number of rotatable bonds is 2. The second-order valence-corrected chi connectivity index (χ2v) is 7.03. The fourth-order valence-corrected chi connectivity index (χ4v) is 4.16. The molecule has 4 rings (SSSR count). The summed E-state index contributed by atoms with van der Waals surface area (Å²) in [6.07, 6.45) is 1.04. The van der Waals surface area contributed by atoms with Crippen molar-refractivity contribution in [2.24, 2.45) is 0 Å². The molecule has 0 aliphatic carbocycles. The molecule has 1 fully saturated rings. The van der Waals surface area contributed by atoms with Crippen LogP contribution in [0.2, 0.25) is 0 Å². The molecule has 3 heterocycles. The number of aromatic amines is 1. The molecule has 0 unspecified atom stereocenters. The summed E-state index contributed by atoms with van der Waals surface area (Å²) in [4.78, 5) is 20.6. The lowest BCUT2D eigenvalue weighted by Gasteiger charge is -2.21. The number of nitrogens with one attached hydrogen (secondary N) is 1. The van der Waals surface area contributed by atoms with E-state index in [1.165, 1.54) is 16.3 Å². The maximum atomic E-state index is 11.2. The molecule has 1 aliphatic heterocycles. The third kappa shape index (κ3) is 2.87. The van der Waals surface area contributed by atoms with Crippen LogP contribution in [0.15, 0.2) is 35.1 Å². The molecule has 1 N–H and O–H groups in total. The first-order valence-electron chi connectivity index (χ1n) is 8.12. The summed E-state index contributed by atoms with van der Waals surface area (Å²) >= 11 is 1.76. The van der Waals surface area contributed by atoms with E-state index in [0.29, 0.717) is 0 Å². The molecule has 6 nitrogen and oxygen atoms in total. The van der Waals surface area contributed by atoms with E-state index in [9.17, 15) is 4.79 Å². The van der Waals surface area contributed by atoms with Crippen LogP contribution in [0.3, 0.4) is 0 Å². The van der Waals surface area contributed by atoms with Crippen molar-refractivity contribution in [2.45, 2.75) is 13.3 Å². The van der Waals surface area contributed by atoms with E-state index in [2.05, 4.69) is 45.1 Å². The number of hydrogen-bond acceptors (Lipinski definition) is 6. The zero-order chi connectivity index (χ0) is 16.5. The Hall–Kier alpha value is -2.41. The lowest BCUT2D eigenvalue weighted by atomic mass is 10.2. The molecule has 0 bridgehead atoms. The molecular weight excluding hydrogens is 322 g/mol. The molecule has 24 heavy (non-hydrogen) atoms. The van der Waals surface area contributed by atoms with Gasteiger partial charge in [-0.15, -0.1) is 0 Å². The van der Waals surface area contributed by atoms with E-state index in [1.54, 1.807) is 17.4 Å². The van der Waals surface area contributed by atoms with Crippen molar-refractivity contribution in [1.29, 1.82) is 0 Å². The molecule has 1 aromatic carbocycles. The summed E-state index contributed by atoms with van der Waals surface area (Å²) in [6.45, 7) is 5.80. The smallest absolute Gasteiger partial charge is 0.264 e. The molecule has 0 atom stereocenters. The first kappa shape index (κ1) is 15.1. The summed E-state index contributed by atoms with van der Waals surface area (Å²) in [5, 5.41) is 7.75. The molecule has 7 heteroatoms. The van der Waals surface area contributed by atoms with Crippen molar-refractivity contribution in [3.05, 3.63) is 46.2 Å². The van der Waals surface area contributed by atoms with Crippen molar-refractivity contribution in [3.8, 4) is 0 Å². The van der Waals surface area contributed by atoms with Gasteiger partial charge in [0.15, 0.2) is 5.13 Å². The highest BCUT2D eigenvalue weighted by atomic mass is 32.1. The zero-order valence-electron chi connectivity index (χ0n) is 13.5. The highest BCUT2D eigenvalue weighted by Crippen LogP contribution is 2.31. The van der Waals surface area contributed by atoms with Crippen LogP contribution in [-0.2, 0) is 0 Å². The molecule has 0 radical (unpaired) electrons. The van der Waals surface area contributed by atoms with Crippen molar-refractivity contribution in [1.82, 2.24) is 15.2 Å². The van der Waals surface area contributed by atoms with Gasteiger partial charge in [0, 0.05) is 32.2 Å². The van der Waals surface area contributed by atoms with Crippen LogP contribution in [0, 0.1) is 6.92 Å². The van der Waals surface area contributed by atoms with Crippen molar-refractivity contribution in [3.63, 3.8) is 0 Å². The highest BCUT2D eigenvalue weighted by Gasteiger charge is 2.19. The Labute approximate surface area is 143 Å². The van der Waals surface area contributed by atoms with Crippen LogP contribution < -0.4 is 15.4 Å². The van der Waals surface area contributed by atoms with Crippen LogP contribution in [0.25, 0.3) is 10.2 Å². The van der Waals surface area contributed by atoms with Gasteiger partial charge in [-0.05, 0) is 31.0 Å². The number of para-hydroxylation sites is 1. The SMILES string of the molecule is Cc1cccc2sc(N3CCCN(c4ccc(=O)[nH]n4)CC3)nc12. The number of aryl methyl sites for hydroxylation is 1. The molecule has 3 aromatic rings. The Morgan fingerprint density at radius 2 is 1.92 bits per heavy atom. The van der Waals surface area contributed by atoms with E-state index >= 15 is 0 Å². The van der Waals surface area contributed by atoms with Crippen LogP contribution in [-0.4, -0.2) is 41.4 Å². The molecular formula is C17H19N5OS. The maximum absolute atomic E-state index is 11.2. The molecule has 0 spiro atoms. The standard InChI is InChI=1S/C17H19N5OS/c1-12-4-2-5-13-16(12)18-17(24-13)22-9-3-8-21(10-11-22)14-6-7-15(23)20-19-14/h2,4-7H,3,8-11H2,1H3,(H,20,23). The average molecular weight is 341 g/mol. The van der Waals surface area contributed by atoms with Gasteiger partial charge in [0.05, 0.1) is 10.2 Å². The Balaban J connectivity index is 1.54. The van der Waals surface area contributed by atoms with Crippen molar-refractivity contribution >= 4 is 32.5 Å². The van der Waals surface area contributed by atoms with Gasteiger partial charge >= 0.3 is 0 Å². The third-order valence-corrected chi connectivity index (χ3v) is 5.45. The minimum Gasteiger partial charge on any atom is -0.353 e. The first-order chi connectivity index (χ1) is 11.7. The van der Waals surface area contributed by atoms with Crippen LogP contribution in [0.1, 0.15) is 12.0 Å². The van der Waals surface area contributed by atoms with Gasteiger partial charge in [0.25, 0.3) is 5.56 Å². The quantitative estimate of drug-likeness (QED) is 0.775. The first-order valence-corrected chi connectivity index (χ1v) is 8.94. The van der Waals surface area contributed by atoms with Gasteiger partial charge in [0.1, 0.15) is 5.82 Å². The van der Waals surface area contributed by atoms with E-state index in [-0.39, 0.29) is 5.56 Å².